The van der Waals surface area contributed by atoms with Gasteiger partial charge in [-0.3, -0.25) is 9.69 Å². The summed E-state index contributed by atoms with van der Waals surface area (Å²) in [5, 5.41) is 6.38. The Morgan fingerprint density at radius 1 is 1.42 bits per heavy atom. The van der Waals surface area contributed by atoms with Gasteiger partial charge in [0.25, 0.3) is 0 Å². The van der Waals surface area contributed by atoms with Gasteiger partial charge in [-0.1, -0.05) is 29.8 Å². The fraction of sp³-hybridized carbons (Fsp3) is 0.533. The molecular formula is C15H23N3O. The lowest BCUT2D eigenvalue weighted by Crippen LogP contribution is -2.54. The average Bonchev–Trinajstić information content (AvgIpc) is 2.40. The topological polar surface area (TPSA) is 44.4 Å². The second kappa shape index (κ2) is 6.68. The maximum atomic E-state index is 11.9. The molecule has 104 valence electrons. The third-order valence-corrected chi connectivity index (χ3v) is 3.66. The molecule has 0 radical (unpaired) electrons. The van der Waals surface area contributed by atoms with E-state index in [0.29, 0.717) is 19.0 Å². The Hall–Kier alpha value is -1.39. The van der Waals surface area contributed by atoms with E-state index in [1.807, 2.05) is 24.3 Å². The Kier molecular flexibility index (Phi) is 4.93. The van der Waals surface area contributed by atoms with Gasteiger partial charge in [0.2, 0.25) is 5.91 Å². The molecule has 2 rings (SSSR count). The molecule has 1 amide bonds. The smallest absolute Gasteiger partial charge is 0.224 e. The molecule has 19 heavy (non-hydrogen) atoms. The van der Waals surface area contributed by atoms with Gasteiger partial charge in [0, 0.05) is 32.2 Å². The van der Waals surface area contributed by atoms with E-state index >= 15 is 0 Å². The van der Waals surface area contributed by atoms with Gasteiger partial charge < -0.3 is 10.6 Å². The molecule has 0 saturated carbocycles. The van der Waals surface area contributed by atoms with E-state index in [1.165, 1.54) is 5.56 Å². The number of aryl methyl sites for hydroxylation is 1. The molecular weight excluding hydrogens is 238 g/mol. The molecule has 1 atom stereocenters. The van der Waals surface area contributed by atoms with Crippen molar-refractivity contribution in [2.75, 3.05) is 33.2 Å². The number of hydrogen-bond acceptors (Lipinski definition) is 3. The van der Waals surface area contributed by atoms with Gasteiger partial charge in [0.1, 0.15) is 0 Å². The number of nitrogens with zero attached hydrogens (tertiary/aromatic N) is 1. The highest BCUT2D eigenvalue weighted by atomic mass is 16.1. The molecule has 4 heteroatoms. The molecule has 0 aromatic heterocycles. The largest absolute Gasteiger partial charge is 0.354 e. The maximum absolute atomic E-state index is 11.9. The first kappa shape index (κ1) is 14.0. The van der Waals surface area contributed by atoms with Gasteiger partial charge in [-0.25, -0.2) is 0 Å². The van der Waals surface area contributed by atoms with Gasteiger partial charge >= 0.3 is 0 Å². The number of hydrogen-bond donors (Lipinski definition) is 2. The van der Waals surface area contributed by atoms with Crippen molar-refractivity contribution in [1.29, 1.82) is 0 Å². The number of carbonyl (C=O) groups excluding carboxylic acids is 1. The van der Waals surface area contributed by atoms with Crippen LogP contribution < -0.4 is 10.6 Å². The number of likely N-dealkylation sites (N-methyl/N-ethyl adjacent to an activating group) is 1. The first-order valence-electron chi connectivity index (χ1n) is 6.88. The lowest BCUT2D eigenvalue weighted by molar-refractivity contribution is -0.120. The van der Waals surface area contributed by atoms with Crippen molar-refractivity contribution in [3.05, 3.63) is 35.4 Å². The first-order chi connectivity index (χ1) is 9.15. The zero-order chi connectivity index (χ0) is 13.7. The molecule has 1 aliphatic heterocycles. The van der Waals surface area contributed by atoms with Crippen molar-refractivity contribution in [3.63, 3.8) is 0 Å². The quantitative estimate of drug-likeness (QED) is 0.832. The van der Waals surface area contributed by atoms with E-state index in [1.54, 1.807) is 0 Å². The number of nitrogens with one attached hydrogen (secondary N) is 2. The number of carbonyl (C=O) groups is 1. The summed E-state index contributed by atoms with van der Waals surface area (Å²) in [6, 6.07) is 8.52. The molecule has 0 bridgehead atoms. The molecule has 1 heterocycles. The Morgan fingerprint density at radius 2 is 2.16 bits per heavy atom. The van der Waals surface area contributed by atoms with Gasteiger partial charge in [0.05, 0.1) is 6.42 Å². The fourth-order valence-corrected chi connectivity index (χ4v) is 2.28. The summed E-state index contributed by atoms with van der Waals surface area (Å²) < 4.78 is 0. The van der Waals surface area contributed by atoms with Crippen molar-refractivity contribution in [3.8, 4) is 0 Å². The van der Waals surface area contributed by atoms with E-state index in [2.05, 4.69) is 29.5 Å². The summed E-state index contributed by atoms with van der Waals surface area (Å²) in [5.41, 5.74) is 2.29. The van der Waals surface area contributed by atoms with Gasteiger partial charge in [-0.2, -0.15) is 0 Å². The lowest BCUT2D eigenvalue weighted by atomic mass is 10.1. The molecule has 4 nitrogen and oxygen atoms in total. The van der Waals surface area contributed by atoms with E-state index in [4.69, 9.17) is 0 Å². The van der Waals surface area contributed by atoms with Crippen LogP contribution in [-0.4, -0.2) is 50.1 Å². The third-order valence-electron chi connectivity index (χ3n) is 3.66. The Morgan fingerprint density at radius 3 is 2.84 bits per heavy atom. The van der Waals surface area contributed by atoms with Crippen LogP contribution in [0, 0.1) is 6.92 Å². The number of amides is 1. The second-order valence-electron chi connectivity index (χ2n) is 5.31. The van der Waals surface area contributed by atoms with E-state index in [9.17, 15) is 4.79 Å². The van der Waals surface area contributed by atoms with Crippen LogP contribution in [0.25, 0.3) is 0 Å². The average molecular weight is 261 g/mol. The van der Waals surface area contributed by atoms with Crippen LogP contribution in [0.15, 0.2) is 24.3 Å². The van der Waals surface area contributed by atoms with E-state index < -0.39 is 0 Å². The highest BCUT2D eigenvalue weighted by molar-refractivity contribution is 5.78. The zero-order valence-electron chi connectivity index (χ0n) is 11.8. The predicted octanol–water partition coefficient (Wildman–Crippen LogP) is 0.557. The van der Waals surface area contributed by atoms with Crippen LogP contribution in [0.3, 0.4) is 0 Å². The van der Waals surface area contributed by atoms with Gasteiger partial charge in [-0.05, 0) is 19.5 Å². The van der Waals surface area contributed by atoms with Crippen molar-refractivity contribution < 1.29 is 4.79 Å². The molecule has 2 N–H and O–H groups in total. The minimum absolute atomic E-state index is 0.0998. The zero-order valence-corrected chi connectivity index (χ0v) is 11.8. The highest BCUT2D eigenvalue weighted by Gasteiger charge is 2.18. The van der Waals surface area contributed by atoms with Crippen LogP contribution in [-0.2, 0) is 11.2 Å². The second-order valence-corrected chi connectivity index (χ2v) is 5.31. The fourth-order valence-electron chi connectivity index (χ4n) is 2.28. The monoisotopic (exact) mass is 261 g/mol. The SMILES string of the molecule is Cc1ccc(CC(=O)NCC2CNCCN2C)cc1. The molecule has 1 fully saturated rings. The summed E-state index contributed by atoms with van der Waals surface area (Å²) in [5.74, 6) is 0.0998. The maximum Gasteiger partial charge on any atom is 0.224 e. The van der Waals surface area contributed by atoms with Crippen molar-refractivity contribution in [2.24, 2.45) is 0 Å². The predicted molar refractivity (Wildman–Crippen MR) is 77.2 cm³/mol. The number of benzene rings is 1. The minimum Gasteiger partial charge on any atom is -0.354 e. The molecule has 1 unspecified atom stereocenters. The van der Waals surface area contributed by atoms with E-state index in [-0.39, 0.29) is 5.91 Å². The van der Waals surface area contributed by atoms with Gasteiger partial charge in [-0.15, -0.1) is 0 Å². The van der Waals surface area contributed by atoms with Crippen LogP contribution in [0.4, 0.5) is 0 Å². The minimum atomic E-state index is 0.0998. The number of rotatable bonds is 4. The third kappa shape index (κ3) is 4.33. The van der Waals surface area contributed by atoms with E-state index in [0.717, 1.165) is 25.2 Å². The summed E-state index contributed by atoms with van der Waals surface area (Å²) >= 11 is 0. The standard InChI is InChI=1S/C15H23N3O/c1-12-3-5-13(6-4-12)9-15(19)17-11-14-10-16-7-8-18(14)2/h3-6,14,16H,7-11H2,1-2H3,(H,17,19). The molecule has 0 spiro atoms. The molecule has 1 aromatic rings. The van der Waals surface area contributed by atoms with Crippen LogP contribution in [0.2, 0.25) is 0 Å². The van der Waals surface area contributed by atoms with Gasteiger partial charge in [0.15, 0.2) is 0 Å². The molecule has 0 aliphatic carbocycles. The number of piperazine rings is 1. The normalized spacial score (nSPS) is 20.2. The van der Waals surface area contributed by atoms with Crippen molar-refractivity contribution in [2.45, 2.75) is 19.4 Å². The van der Waals surface area contributed by atoms with Crippen LogP contribution in [0.1, 0.15) is 11.1 Å². The van der Waals surface area contributed by atoms with Crippen LogP contribution in [0.5, 0.6) is 0 Å². The summed E-state index contributed by atoms with van der Waals surface area (Å²) in [6.45, 7) is 5.79. The molecule has 1 aliphatic rings. The molecule has 1 saturated heterocycles. The lowest BCUT2D eigenvalue weighted by Gasteiger charge is -2.33. The first-order valence-corrected chi connectivity index (χ1v) is 6.88. The highest BCUT2D eigenvalue weighted by Crippen LogP contribution is 2.04. The Bertz CT molecular complexity index is 416. The summed E-state index contributed by atoms with van der Waals surface area (Å²) in [4.78, 5) is 14.2. The Balaban J connectivity index is 1.76. The van der Waals surface area contributed by atoms with Crippen molar-refractivity contribution >= 4 is 5.91 Å². The molecule has 1 aromatic carbocycles. The Labute approximate surface area is 115 Å². The van der Waals surface area contributed by atoms with Crippen LogP contribution >= 0.6 is 0 Å². The summed E-state index contributed by atoms with van der Waals surface area (Å²) in [6.07, 6.45) is 0.462. The summed E-state index contributed by atoms with van der Waals surface area (Å²) in [7, 11) is 2.11. The van der Waals surface area contributed by atoms with Crippen molar-refractivity contribution in [1.82, 2.24) is 15.5 Å².